The molecule has 0 aliphatic rings. The van der Waals surface area contributed by atoms with Gasteiger partial charge >= 0.3 is 11.8 Å². The van der Waals surface area contributed by atoms with Gasteiger partial charge in [-0.25, -0.2) is 5.43 Å². The second-order valence-corrected chi connectivity index (χ2v) is 7.56. The van der Waals surface area contributed by atoms with E-state index in [0.717, 1.165) is 11.4 Å². The molecule has 0 aliphatic carbocycles. The smallest absolute Gasteiger partial charge is 0.318 e. The van der Waals surface area contributed by atoms with Gasteiger partial charge in [-0.15, -0.1) is 0 Å². The van der Waals surface area contributed by atoms with Gasteiger partial charge in [0.15, 0.2) is 0 Å². The number of hydrazone groups is 1. The van der Waals surface area contributed by atoms with Gasteiger partial charge in [0.05, 0.1) is 21.8 Å². The van der Waals surface area contributed by atoms with Crippen LogP contribution in [0.1, 0.15) is 17.0 Å². The van der Waals surface area contributed by atoms with E-state index < -0.39 is 16.7 Å². The number of rotatable bonds is 5. The van der Waals surface area contributed by atoms with Gasteiger partial charge in [-0.1, -0.05) is 23.2 Å². The third-order valence-electron chi connectivity index (χ3n) is 4.53. The molecule has 0 saturated heterocycles. The highest BCUT2D eigenvalue weighted by Crippen LogP contribution is 2.28. The van der Waals surface area contributed by atoms with Crippen LogP contribution in [-0.4, -0.2) is 27.5 Å². The molecule has 1 aromatic heterocycles. The minimum Gasteiger partial charge on any atom is -0.318 e. The Bertz CT molecular complexity index is 1240. The van der Waals surface area contributed by atoms with Gasteiger partial charge in [0, 0.05) is 39.8 Å². The maximum absolute atomic E-state index is 12.0. The second-order valence-electron chi connectivity index (χ2n) is 6.71. The number of anilines is 1. The van der Waals surface area contributed by atoms with Crippen LogP contribution in [0.2, 0.25) is 10.0 Å². The monoisotopic (exact) mass is 473 g/mol. The first-order valence-corrected chi connectivity index (χ1v) is 9.96. The molecule has 164 valence electrons. The number of nitro benzene ring substituents is 1. The van der Waals surface area contributed by atoms with E-state index in [4.69, 9.17) is 23.2 Å². The Labute approximate surface area is 192 Å². The third-order valence-corrected chi connectivity index (χ3v) is 5.09. The molecule has 0 bridgehead atoms. The number of aryl methyl sites for hydroxylation is 1. The number of amides is 2. The SMILES string of the molecule is Cc1cc(/C=N\NC(=O)C(=O)Nc2ccc([N+](=O)[O-])cc2)c(C)n1-c1cc(Cl)ccc1Cl. The molecule has 0 aliphatic heterocycles. The minimum atomic E-state index is -0.994. The molecule has 9 nitrogen and oxygen atoms in total. The van der Waals surface area contributed by atoms with E-state index in [1.807, 2.05) is 24.5 Å². The van der Waals surface area contributed by atoms with Gasteiger partial charge in [0.2, 0.25) is 0 Å². The number of benzene rings is 2. The van der Waals surface area contributed by atoms with Gasteiger partial charge in [0.25, 0.3) is 5.69 Å². The lowest BCUT2D eigenvalue weighted by molar-refractivity contribution is -0.384. The average Bonchev–Trinajstić information content (AvgIpc) is 3.03. The van der Waals surface area contributed by atoms with Crippen LogP contribution >= 0.6 is 23.2 Å². The zero-order valence-electron chi connectivity index (χ0n) is 16.9. The molecule has 11 heteroatoms. The highest BCUT2D eigenvalue weighted by atomic mass is 35.5. The Kier molecular flexibility index (Phi) is 6.92. The zero-order chi connectivity index (χ0) is 23.4. The van der Waals surface area contributed by atoms with Crippen LogP contribution in [0.4, 0.5) is 11.4 Å². The van der Waals surface area contributed by atoms with Crippen molar-refractivity contribution in [2.45, 2.75) is 13.8 Å². The summed E-state index contributed by atoms with van der Waals surface area (Å²) < 4.78 is 1.90. The van der Waals surface area contributed by atoms with E-state index >= 15 is 0 Å². The number of aromatic nitrogens is 1. The summed E-state index contributed by atoms with van der Waals surface area (Å²) in [6, 6.07) is 12.1. The van der Waals surface area contributed by atoms with Crippen molar-refractivity contribution in [2.75, 3.05) is 5.32 Å². The van der Waals surface area contributed by atoms with Crippen LogP contribution in [0.15, 0.2) is 53.6 Å². The number of carbonyl (C=O) groups is 2. The molecule has 0 atom stereocenters. The van der Waals surface area contributed by atoms with E-state index in [9.17, 15) is 19.7 Å². The van der Waals surface area contributed by atoms with Crippen molar-refractivity contribution in [3.8, 4) is 5.69 Å². The molecule has 2 amide bonds. The van der Waals surface area contributed by atoms with Crippen LogP contribution in [0, 0.1) is 24.0 Å². The topological polar surface area (TPSA) is 119 Å². The fourth-order valence-electron chi connectivity index (χ4n) is 3.01. The number of hydrogen-bond donors (Lipinski definition) is 2. The summed E-state index contributed by atoms with van der Waals surface area (Å²) in [6.45, 7) is 3.74. The first kappa shape index (κ1) is 23.0. The quantitative estimate of drug-likeness (QED) is 0.247. The van der Waals surface area contributed by atoms with Crippen LogP contribution in [0.3, 0.4) is 0 Å². The van der Waals surface area contributed by atoms with E-state index in [-0.39, 0.29) is 11.4 Å². The summed E-state index contributed by atoms with van der Waals surface area (Å²) in [4.78, 5) is 34.1. The highest BCUT2D eigenvalue weighted by Gasteiger charge is 2.15. The Hall–Kier alpha value is -3.69. The lowest BCUT2D eigenvalue weighted by Crippen LogP contribution is -2.32. The Morgan fingerprint density at radius 2 is 1.75 bits per heavy atom. The Morgan fingerprint density at radius 3 is 2.41 bits per heavy atom. The lowest BCUT2D eigenvalue weighted by Gasteiger charge is -2.12. The molecule has 2 N–H and O–H groups in total. The molecule has 0 radical (unpaired) electrons. The van der Waals surface area contributed by atoms with Crippen molar-refractivity contribution in [3.63, 3.8) is 0 Å². The van der Waals surface area contributed by atoms with Gasteiger partial charge in [-0.3, -0.25) is 19.7 Å². The number of nitrogens with one attached hydrogen (secondary N) is 2. The number of carbonyl (C=O) groups excluding carboxylic acids is 2. The molecule has 3 aromatic rings. The summed E-state index contributed by atoms with van der Waals surface area (Å²) in [5.74, 6) is -1.96. The molecule has 0 fully saturated rings. The first-order chi connectivity index (χ1) is 15.2. The summed E-state index contributed by atoms with van der Waals surface area (Å²) in [6.07, 6.45) is 1.41. The Morgan fingerprint density at radius 1 is 1.06 bits per heavy atom. The lowest BCUT2D eigenvalue weighted by atomic mass is 10.2. The third kappa shape index (κ3) is 5.13. The summed E-state index contributed by atoms with van der Waals surface area (Å²) in [5.41, 5.74) is 5.35. The van der Waals surface area contributed by atoms with Gasteiger partial charge < -0.3 is 9.88 Å². The fraction of sp³-hybridized carbons (Fsp3) is 0.0952. The van der Waals surface area contributed by atoms with Crippen LogP contribution in [-0.2, 0) is 9.59 Å². The maximum atomic E-state index is 12.0. The molecular formula is C21H17Cl2N5O4. The van der Waals surface area contributed by atoms with E-state index in [1.54, 1.807) is 18.2 Å². The average molecular weight is 474 g/mol. The number of non-ortho nitro benzene ring substituents is 1. The van der Waals surface area contributed by atoms with Gasteiger partial charge in [-0.2, -0.15) is 5.10 Å². The molecule has 1 heterocycles. The van der Waals surface area contributed by atoms with Crippen molar-refractivity contribution in [3.05, 3.63) is 85.6 Å². The fourth-order valence-corrected chi connectivity index (χ4v) is 3.38. The standard InChI is InChI=1S/C21H17Cl2N5O4/c1-12-9-14(13(2)27(12)19-10-15(22)3-8-18(19)23)11-24-26-21(30)20(29)25-16-4-6-17(7-5-16)28(31)32/h3-11H,1-2H3,(H,25,29)(H,26,30)/b24-11-. The van der Waals surface area contributed by atoms with Gasteiger partial charge in [0.1, 0.15) is 0 Å². The molecule has 32 heavy (non-hydrogen) atoms. The highest BCUT2D eigenvalue weighted by molar-refractivity contribution is 6.39. The van der Waals surface area contributed by atoms with Crippen molar-refractivity contribution in [1.82, 2.24) is 9.99 Å². The summed E-state index contributed by atoms with van der Waals surface area (Å²) >= 11 is 12.4. The number of hydrogen-bond acceptors (Lipinski definition) is 5. The molecular weight excluding hydrogens is 457 g/mol. The molecule has 2 aromatic carbocycles. The van der Waals surface area contributed by atoms with Crippen LogP contribution in [0.25, 0.3) is 5.69 Å². The zero-order valence-corrected chi connectivity index (χ0v) is 18.4. The summed E-state index contributed by atoms with van der Waals surface area (Å²) in [7, 11) is 0. The van der Waals surface area contributed by atoms with Crippen molar-refractivity contribution < 1.29 is 14.5 Å². The predicted octanol–water partition coefficient (Wildman–Crippen LogP) is 4.40. The van der Waals surface area contributed by atoms with E-state index in [0.29, 0.717) is 21.3 Å². The molecule has 0 unspecified atom stereocenters. The number of nitrogens with zero attached hydrogens (tertiary/aromatic N) is 3. The van der Waals surface area contributed by atoms with E-state index in [1.165, 1.54) is 30.5 Å². The second kappa shape index (κ2) is 9.63. The maximum Gasteiger partial charge on any atom is 0.329 e. The van der Waals surface area contributed by atoms with E-state index in [2.05, 4.69) is 15.8 Å². The minimum absolute atomic E-state index is 0.131. The number of halogens is 2. The van der Waals surface area contributed by atoms with Crippen molar-refractivity contribution in [2.24, 2.45) is 5.10 Å². The van der Waals surface area contributed by atoms with Crippen molar-refractivity contribution in [1.29, 1.82) is 0 Å². The first-order valence-electron chi connectivity index (χ1n) is 9.20. The Balaban J connectivity index is 1.68. The van der Waals surface area contributed by atoms with Gasteiger partial charge in [-0.05, 0) is 50.2 Å². The summed E-state index contributed by atoms with van der Waals surface area (Å²) in [5, 5.41) is 17.9. The largest absolute Gasteiger partial charge is 0.329 e. The van der Waals surface area contributed by atoms with Crippen molar-refractivity contribution >= 4 is 52.6 Å². The van der Waals surface area contributed by atoms with Crippen LogP contribution < -0.4 is 10.7 Å². The number of nitro groups is 1. The molecule has 0 saturated carbocycles. The molecule has 0 spiro atoms. The predicted molar refractivity (Wildman–Crippen MR) is 123 cm³/mol. The molecule has 3 rings (SSSR count). The normalized spacial score (nSPS) is 10.9. The van der Waals surface area contributed by atoms with Crippen LogP contribution in [0.5, 0.6) is 0 Å².